The Hall–Kier alpha value is -0.120. The lowest BCUT2D eigenvalue weighted by molar-refractivity contribution is 0.135. The van der Waals surface area contributed by atoms with Gasteiger partial charge in [-0.15, -0.1) is 0 Å². The molecule has 0 saturated carbocycles. The van der Waals surface area contributed by atoms with Gasteiger partial charge in [-0.2, -0.15) is 0 Å². The van der Waals surface area contributed by atoms with E-state index in [1.54, 1.807) is 7.11 Å². The smallest absolute Gasteiger partial charge is 0.0589 e. The van der Waals surface area contributed by atoms with Crippen LogP contribution >= 0.6 is 0 Å². The van der Waals surface area contributed by atoms with E-state index in [9.17, 15) is 0 Å². The summed E-state index contributed by atoms with van der Waals surface area (Å²) in [7, 11) is 3.93. The van der Waals surface area contributed by atoms with E-state index in [0.717, 1.165) is 32.2 Å². The molecule has 0 amide bonds. The summed E-state index contributed by atoms with van der Waals surface area (Å²) in [5.74, 6) is 0.729. The van der Waals surface area contributed by atoms with E-state index < -0.39 is 0 Å². The van der Waals surface area contributed by atoms with Crippen LogP contribution in [-0.2, 0) is 4.74 Å². The van der Waals surface area contributed by atoms with Crippen LogP contribution in [0.25, 0.3) is 0 Å². The van der Waals surface area contributed by atoms with Gasteiger partial charge < -0.3 is 10.1 Å². The van der Waals surface area contributed by atoms with Crippen molar-refractivity contribution in [1.82, 2.24) is 10.2 Å². The standard InChI is InChI=1S/C12H28N2O/c1-6-12(10-13-9-11(2)3)14(4)7-8-15-5/h11-13H,6-10H2,1-5H3. The van der Waals surface area contributed by atoms with E-state index in [1.165, 1.54) is 6.42 Å². The normalized spacial score (nSPS) is 13.8. The Morgan fingerprint density at radius 2 is 1.93 bits per heavy atom. The maximum atomic E-state index is 5.09. The second-order valence-electron chi connectivity index (χ2n) is 4.59. The Bertz CT molecular complexity index is 140. The Balaban J connectivity index is 3.69. The third-order valence-corrected chi connectivity index (χ3v) is 2.68. The highest BCUT2D eigenvalue weighted by Gasteiger charge is 2.11. The van der Waals surface area contributed by atoms with Crippen molar-refractivity contribution in [2.75, 3.05) is 40.4 Å². The first kappa shape index (κ1) is 14.9. The fraction of sp³-hybridized carbons (Fsp3) is 1.00. The van der Waals surface area contributed by atoms with Crippen LogP contribution < -0.4 is 5.32 Å². The molecule has 0 aliphatic rings. The number of hydrogen-bond acceptors (Lipinski definition) is 3. The van der Waals surface area contributed by atoms with Crippen molar-refractivity contribution in [2.45, 2.75) is 33.2 Å². The van der Waals surface area contributed by atoms with Gasteiger partial charge in [0.2, 0.25) is 0 Å². The van der Waals surface area contributed by atoms with Crippen LogP contribution in [0.4, 0.5) is 0 Å². The average molecular weight is 216 g/mol. The van der Waals surface area contributed by atoms with Crippen molar-refractivity contribution in [2.24, 2.45) is 5.92 Å². The minimum Gasteiger partial charge on any atom is -0.383 e. The van der Waals surface area contributed by atoms with E-state index in [4.69, 9.17) is 4.74 Å². The van der Waals surface area contributed by atoms with Gasteiger partial charge in [-0.3, -0.25) is 4.90 Å². The molecule has 0 rings (SSSR count). The molecule has 0 aromatic carbocycles. The second-order valence-corrected chi connectivity index (χ2v) is 4.59. The predicted octanol–water partition coefficient (Wildman–Crippen LogP) is 1.59. The van der Waals surface area contributed by atoms with E-state index in [0.29, 0.717) is 6.04 Å². The molecule has 1 atom stereocenters. The zero-order valence-electron chi connectivity index (χ0n) is 11.0. The summed E-state index contributed by atoms with van der Waals surface area (Å²) in [6, 6.07) is 0.624. The van der Waals surface area contributed by atoms with Gasteiger partial charge in [-0.05, 0) is 25.9 Å². The van der Waals surface area contributed by atoms with Crippen molar-refractivity contribution in [3.63, 3.8) is 0 Å². The summed E-state index contributed by atoms with van der Waals surface area (Å²) in [5.41, 5.74) is 0. The molecule has 92 valence electrons. The SMILES string of the molecule is CCC(CNCC(C)C)N(C)CCOC. The first-order valence-corrected chi connectivity index (χ1v) is 6.01. The fourth-order valence-corrected chi connectivity index (χ4v) is 1.57. The lowest BCUT2D eigenvalue weighted by Crippen LogP contribution is -2.41. The van der Waals surface area contributed by atoms with Crippen molar-refractivity contribution in [1.29, 1.82) is 0 Å². The Kier molecular flexibility index (Phi) is 9.06. The first-order chi connectivity index (χ1) is 7.11. The van der Waals surface area contributed by atoms with Gasteiger partial charge in [-0.25, -0.2) is 0 Å². The number of rotatable bonds is 9. The maximum Gasteiger partial charge on any atom is 0.0589 e. The molecular formula is C12H28N2O. The van der Waals surface area contributed by atoms with Crippen molar-refractivity contribution in [3.8, 4) is 0 Å². The molecule has 0 aliphatic carbocycles. The fourth-order valence-electron chi connectivity index (χ4n) is 1.57. The third kappa shape index (κ3) is 7.77. The van der Waals surface area contributed by atoms with Crippen LogP contribution in [-0.4, -0.2) is 51.3 Å². The molecule has 0 radical (unpaired) electrons. The van der Waals surface area contributed by atoms with Gasteiger partial charge in [0.1, 0.15) is 0 Å². The minimum absolute atomic E-state index is 0.624. The Labute approximate surface area is 95.2 Å². The molecule has 0 spiro atoms. The maximum absolute atomic E-state index is 5.09. The molecule has 3 heteroatoms. The number of methoxy groups -OCH3 is 1. The van der Waals surface area contributed by atoms with E-state index >= 15 is 0 Å². The molecule has 0 fully saturated rings. The molecule has 0 aliphatic heterocycles. The molecule has 0 saturated heterocycles. The largest absolute Gasteiger partial charge is 0.383 e. The van der Waals surface area contributed by atoms with Crippen LogP contribution in [0.3, 0.4) is 0 Å². The Morgan fingerprint density at radius 3 is 2.40 bits per heavy atom. The Morgan fingerprint density at radius 1 is 1.27 bits per heavy atom. The molecule has 0 aromatic heterocycles. The van der Waals surface area contributed by atoms with Gasteiger partial charge in [0, 0.05) is 26.2 Å². The topological polar surface area (TPSA) is 24.5 Å². The number of nitrogens with zero attached hydrogens (tertiary/aromatic N) is 1. The minimum atomic E-state index is 0.624. The summed E-state index contributed by atoms with van der Waals surface area (Å²) in [6.45, 7) is 10.7. The van der Waals surface area contributed by atoms with Crippen LogP contribution in [0.15, 0.2) is 0 Å². The van der Waals surface area contributed by atoms with Crippen LogP contribution in [0.2, 0.25) is 0 Å². The summed E-state index contributed by atoms with van der Waals surface area (Å²) in [5, 5.41) is 3.51. The number of ether oxygens (including phenoxy) is 1. The van der Waals surface area contributed by atoms with Gasteiger partial charge in [0.15, 0.2) is 0 Å². The van der Waals surface area contributed by atoms with Gasteiger partial charge in [-0.1, -0.05) is 20.8 Å². The van der Waals surface area contributed by atoms with E-state index in [-0.39, 0.29) is 0 Å². The monoisotopic (exact) mass is 216 g/mol. The van der Waals surface area contributed by atoms with Crippen LogP contribution in [0.1, 0.15) is 27.2 Å². The molecule has 3 nitrogen and oxygen atoms in total. The van der Waals surface area contributed by atoms with Gasteiger partial charge >= 0.3 is 0 Å². The van der Waals surface area contributed by atoms with Crippen molar-refractivity contribution >= 4 is 0 Å². The molecule has 15 heavy (non-hydrogen) atoms. The average Bonchev–Trinajstić information content (AvgIpc) is 2.20. The van der Waals surface area contributed by atoms with Gasteiger partial charge in [0.25, 0.3) is 0 Å². The van der Waals surface area contributed by atoms with E-state index in [2.05, 4.69) is 38.0 Å². The van der Waals surface area contributed by atoms with Gasteiger partial charge in [0.05, 0.1) is 6.61 Å². The van der Waals surface area contributed by atoms with Crippen molar-refractivity contribution in [3.05, 3.63) is 0 Å². The summed E-state index contributed by atoms with van der Waals surface area (Å²) < 4.78 is 5.09. The number of hydrogen-bond donors (Lipinski definition) is 1. The first-order valence-electron chi connectivity index (χ1n) is 6.01. The molecular weight excluding hydrogens is 188 g/mol. The second kappa shape index (κ2) is 9.13. The molecule has 0 heterocycles. The molecule has 1 N–H and O–H groups in total. The lowest BCUT2D eigenvalue weighted by atomic mass is 10.1. The number of likely N-dealkylation sites (N-methyl/N-ethyl adjacent to an activating group) is 1. The van der Waals surface area contributed by atoms with Crippen LogP contribution in [0, 0.1) is 5.92 Å². The molecule has 0 aromatic rings. The highest BCUT2D eigenvalue weighted by molar-refractivity contribution is 4.70. The lowest BCUT2D eigenvalue weighted by Gasteiger charge is -2.27. The highest BCUT2D eigenvalue weighted by Crippen LogP contribution is 2.00. The van der Waals surface area contributed by atoms with Crippen LogP contribution in [0.5, 0.6) is 0 Å². The summed E-state index contributed by atoms with van der Waals surface area (Å²) >= 11 is 0. The highest BCUT2D eigenvalue weighted by atomic mass is 16.5. The van der Waals surface area contributed by atoms with Crippen molar-refractivity contribution < 1.29 is 4.74 Å². The van der Waals surface area contributed by atoms with E-state index in [1.807, 2.05) is 0 Å². The zero-order valence-corrected chi connectivity index (χ0v) is 11.0. The molecule has 0 bridgehead atoms. The third-order valence-electron chi connectivity index (χ3n) is 2.68. The summed E-state index contributed by atoms with van der Waals surface area (Å²) in [4.78, 5) is 2.37. The summed E-state index contributed by atoms with van der Waals surface area (Å²) in [6.07, 6.45) is 1.19. The number of nitrogens with one attached hydrogen (secondary N) is 1. The zero-order chi connectivity index (χ0) is 11.7. The molecule has 1 unspecified atom stereocenters. The predicted molar refractivity (Wildman–Crippen MR) is 66.3 cm³/mol. The quantitative estimate of drug-likeness (QED) is 0.633.